The summed E-state index contributed by atoms with van der Waals surface area (Å²) in [5.74, 6) is 0. The minimum Gasteiger partial charge on any atom is -0.384 e. The largest absolute Gasteiger partial charge is 0.416 e. The topological polar surface area (TPSA) is 12.0 Å². The summed E-state index contributed by atoms with van der Waals surface area (Å²) in [6.07, 6.45) is -1.17. The molecule has 1 aromatic rings. The molecule has 0 fully saturated rings. The van der Waals surface area contributed by atoms with E-state index in [-0.39, 0.29) is 0 Å². The molecule has 0 atom stereocenters. The lowest BCUT2D eigenvalue weighted by molar-refractivity contribution is -0.137. The number of anilines is 1. The Morgan fingerprint density at radius 1 is 1.24 bits per heavy atom. The molecule has 1 N–H and O–H groups in total. The van der Waals surface area contributed by atoms with E-state index in [1.54, 1.807) is 0 Å². The molecule has 0 saturated carbocycles. The molecular formula is C12H15BrF3N. The molecule has 0 spiro atoms. The van der Waals surface area contributed by atoms with E-state index in [1.807, 2.05) is 0 Å². The normalized spacial score (nSPS) is 11.6. The van der Waals surface area contributed by atoms with Gasteiger partial charge in [0.15, 0.2) is 0 Å². The molecule has 17 heavy (non-hydrogen) atoms. The van der Waals surface area contributed by atoms with E-state index < -0.39 is 11.7 Å². The van der Waals surface area contributed by atoms with Crippen LogP contribution < -0.4 is 5.32 Å². The minimum absolute atomic E-state index is 0.496. The quantitative estimate of drug-likeness (QED) is 0.749. The van der Waals surface area contributed by atoms with E-state index in [0.29, 0.717) is 16.7 Å². The molecule has 1 aromatic carbocycles. The smallest absolute Gasteiger partial charge is 0.384 e. The second kappa shape index (κ2) is 6.28. The van der Waals surface area contributed by atoms with Crippen molar-refractivity contribution in [2.45, 2.75) is 32.4 Å². The molecule has 5 heteroatoms. The summed E-state index contributed by atoms with van der Waals surface area (Å²) in [7, 11) is 0. The van der Waals surface area contributed by atoms with Crippen LogP contribution in [0.5, 0.6) is 0 Å². The lowest BCUT2D eigenvalue weighted by Crippen LogP contribution is -2.07. The van der Waals surface area contributed by atoms with E-state index >= 15 is 0 Å². The summed E-state index contributed by atoms with van der Waals surface area (Å²) in [6.45, 7) is 2.77. The van der Waals surface area contributed by atoms with Gasteiger partial charge in [-0.2, -0.15) is 13.2 Å². The van der Waals surface area contributed by atoms with Crippen molar-refractivity contribution in [2.24, 2.45) is 0 Å². The van der Waals surface area contributed by atoms with E-state index in [2.05, 4.69) is 28.2 Å². The number of hydrogen-bond donors (Lipinski definition) is 1. The number of hydrogen-bond acceptors (Lipinski definition) is 1. The summed E-state index contributed by atoms with van der Waals surface area (Å²) < 4.78 is 38.2. The molecule has 0 amide bonds. The molecule has 1 rings (SSSR count). The fraction of sp³-hybridized carbons (Fsp3) is 0.500. The Kier molecular flexibility index (Phi) is 5.31. The van der Waals surface area contributed by atoms with E-state index in [0.717, 1.165) is 31.4 Å². The summed E-state index contributed by atoms with van der Waals surface area (Å²) in [4.78, 5) is 0. The fourth-order valence-corrected chi connectivity index (χ4v) is 1.82. The second-order valence-electron chi connectivity index (χ2n) is 3.83. The Bertz CT molecular complexity index is 363. The van der Waals surface area contributed by atoms with Crippen molar-refractivity contribution < 1.29 is 13.2 Å². The van der Waals surface area contributed by atoms with Crippen LogP contribution in [0, 0.1) is 0 Å². The maximum atomic E-state index is 12.5. The van der Waals surface area contributed by atoms with Gasteiger partial charge in [0.1, 0.15) is 0 Å². The molecule has 1 nitrogen and oxygen atoms in total. The molecule has 0 aromatic heterocycles. The van der Waals surface area contributed by atoms with Gasteiger partial charge in [0, 0.05) is 16.7 Å². The Morgan fingerprint density at radius 2 is 1.94 bits per heavy atom. The lowest BCUT2D eigenvalue weighted by Gasteiger charge is -2.12. The van der Waals surface area contributed by atoms with Gasteiger partial charge in [0.2, 0.25) is 0 Å². The molecular weight excluding hydrogens is 295 g/mol. The summed E-state index contributed by atoms with van der Waals surface area (Å²) in [5.41, 5.74) is -0.130. The number of alkyl halides is 3. The van der Waals surface area contributed by atoms with Crippen molar-refractivity contribution in [2.75, 3.05) is 11.9 Å². The predicted octanol–water partition coefficient (Wildman–Crippen LogP) is 5.07. The van der Waals surface area contributed by atoms with E-state index in [1.165, 1.54) is 6.07 Å². The van der Waals surface area contributed by atoms with E-state index in [4.69, 9.17) is 0 Å². The maximum Gasteiger partial charge on any atom is 0.416 e. The van der Waals surface area contributed by atoms with Gasteiger partial charge in [0.05, 0.1) is 5.56 Å². The number of nitrogens with one attached hydrogen (secondary N) is 1. The monoisotopic (exact) mass is 309 g/mol. The van der Waals surface area contributed by atoms with Crippen LogP contribution in [-0.4, -0.2) is 6.54 Å². The van der Waals surface area contributed by atoms with Crippen LogP contribution in [0.2, 0.25) is 0 Å². The Labute approximate surface area is 108 Å². The zero-order valence-corrected chi connectivity index (χ0v) is 11.2. The van der Waals surface area contributed by atoms with Crippen LogP contribution in [0.4, 0.5) is 18.9 Å². The van der Waals surface area contributed by atoms with Crippen molar-refractivity contribution in [1.82, 2.24) is 0 Å². The molecule has 96 valence electrons. The molecule has 0 aliphatic rings. The van der Waals surface area contributed by atoms with Gasteiger partial charge >= 0.3 is 6.18 Å². The van der Waals surface area contributed by atoms with Crippen molar-refractivity contribution in [3.63, 3.8) is 0 Å². The molecule has 0 unspecified atom stereocenters. The number of rotatable bonds is 5. The zero-order valence-electron chi connectivity index (χ0n) is 9.57. The van der Waals surface area contributed by atoms with Crippen LogP contribution in [-0.2, 0) is 6.18 Å². The van der Waals surface area contributed by atoms with Gasteiger partial charge < -0.3 is 5.32 Å². The van der Waals surface area contributed by atoms with Gasteiger partial charge in [-0.25, -0.2) is 0 Å². The second-order valence-corrected chi connectivity index (χ2v) is 4.68. The third-order valence-electron chi connectivity index (χ3n) is 2.39. The molecule has 0 radical (unpaired) electrons. The number of halogens is 4. The number of benzene rings is 1. The van der Waals surface area contributed by atoms with Gasteiger partial charge in [-0.05, 0) is 40.5 Å². The van der Waals surface area contributed by atoms with Gasteiger partial charge in [-0.3, -0.25) is 0 Å². The van der Waals surface area contributed by atoms with Gasteiger partial charge in [-0.15, -0.1) is 0 Å². The van der Waals surface area contributed by atoms with Crippen LogP contribution in [0.15, 0.2) is 22.7 Å². The van der Waals surface area contributed by atoms with Crippen molar-refractivity contribution in [1.29, 1.82) is 0 Å². The fourth-order valence-electron chi connectivity index (χ4n) is 1.44. The van der Waals surface area contributed by atoms with Crippen LogP contribution in [0.3, 0.4) is 0 Å². The molecule has 0 aliphatic carbocycles. The average Bonchev–Trinajstić information content (AvgIpc) is 2.25. The highest BCUT2D eigenvalue weighted by atomic mass is 79.9. The van der Waals surface area contributed by atoms with Crippen molar-refractivity contribution in [3.8, 4) is 0 Å². The van der Waals surface area contributed by atoms with Gasteiger partial charge in [-0.1, -0.05) is 19.8 Å². The third-order valence-corrected chi connectivity index (χ3v) is 3.08. The van der Waals surface area contributed by atoms with Crippen molar-refractivity contribution >= 4 is 21.6 Å². The van der Waals surface area contributed by atoms with Gasteiger partial charge in [0.25, 0.3) is 0 Å². The van der Waals surface area contributed by atoms with E-state index in [9.17, 15) is 13.2 Å². The highest BCUT2D eigenvalue weighted by molar-refractivity contribution is 9.10. The van der Waals surface area contributed by atoms with Crippen LogP contribution in [0.25, 0.3) is 0 Å². The standard InChI is InChI=1S/C12H15BrF3N/c1-2-3-4-7-17-11-8-9(12(14,15)16)5-6-10(11)13/h5-6,8,17H,2-4,7H2,1H3. The molecule has 0 aliphatic heterocycles. The SMILES string of the molecule is CCCCCNc1cc(C(F)(F)F)ccc1Br. The first-order valence-electron chi connectivity index (χ1n) is 5.55. The summed E-state index contributed by atoms with van der Waals surface area (Å²) in [5, 5.41) is 3.01. The lowest BCUT2D eigenvalue weighted by atomic mass is 10.2. The predicted molar refractivity (Wildman–Crippen MR) is 67.2 cm³/mol. The highest BCUT2D eigenvalue weighted by Gasteiger charge is 2.30. The zero-order chi connectivity index (χ0) is 12.9. The average molecular weight is 310 g/mol. The first-order valence-corrected chi connectivity index (χ1v) is 6.35. The maximum absolute atomic E-state index is 12.5. The van der Waals surface area contributed by atoms with Crippen molar-refractivity contribution in [3.05, 3.63) is 28.2 Å². The Morgan fingerprint density at radius 3 is 2.53 bits per heavy atom. The third kappa shape index (κ3) is 4.58. The Balaban J connectivity index is 2.70. The summed E-state index contributed by atoms with van der Waals surface area (Å²) >= 11 is 3.24. The molecule has 0 saturated heterocycles. The molecule has 0 bridgehead atoms. The highest BCUT2D eigenvalue weighted by Crippen LogP contribution is 2.33. The van der Waals surface area contributed by atoms with Crippen LogP contribution in [0.1, 0.15) is 31.7 Å². The van der Waals surface area contributed by atoms with Crippen LogP contribution >= 0.6 is 15.9 Å². The summed E-state index contributed by atoms with van der Waals surface area (Å²) in [6, 6.07) is 3.63. The first-order chi connectivity index (χ1) is 7.95. The molecule has 0 heterocycles. The minimum atomic E-state index is -4.29. The Hall–Kier alpha value is -0.710. The number of unbranched alkanes of at least 4 members (excludes halogenated alkanes) is 2. The first kappa shape index (κ1) is 14.4.